The van der Waals surface area contributed by atoms with Gasteiger partial charge in [-0.15, -0.1) is 0 Å². The number of carbonyl (C=O) groups is 2. The lowest BCUT2D eigenvalue weighted by Crippen LogP contribution is -2.35. The molecule has 31 heavy (non-hydrogen) atoms. The maximum atomic E-state index is 10.6. The second-order valence-corrected chi connectivity index (χ2v) is 8.32. The van der Waals surface area contributed by atoms with Gasteiger partial charge >= 0.3 is 11.9 Å². The summed E-state index contributed by atoms with van der Waals surface area (Å²) in [6.45, 7) is 5.19. The molecule has 2 heterocycles. The predicted octanol–water partition coefficient (Wildman–Crippen LogP) is 2.11. The molecule has 1 aromatic heterocycles. The Morgan fingerprint density at radius 2 is 1.94 bits per heavy atom. The first-order valence-electron chi connectivity index (χ1n) is 10.9. The van der Waals surface area contributed by atoms with Crippen molar-refractivity contribution in [2.75, 3.05) is 19.7 Å². The molecular weight excluding hydrogens is 400 g/mol. The van der Waals surface area contributed by atoms with Crippen molar-refractivity contribution >= 4 is 22.8 Å². The van der Waals surface area contributed by atoms with E-state index in [1.807, 2.05) is 0 Å². The number of aryl methyl sites for hydroxylation is 2. The van der Waals surface area contributed by atoms with E-state index in [0.717, 1.165) is 32.4 Å². The molecule has 1 aliphatic carbocycles. The molecule has 1 aliphatic heterocycles. The first-order chi connectivity index (χ1) is 14.9. The number of fused-ring (bicyclic) bond motifs is 3. The lowest BCUT2D eigenvalue weighted by atomic mass is 9.95. The molecule has 2 unspecified atom stereocenters. The van der Waals surface area contributed by atoms with Crippen LogP contribution < -0.4 is 5.32 Å². The minimum absolute atomic E-state index is 0.329. The smallest absolute Gasteiger partial charge is 0.414 e. The van der Waals surface area contributed by atoms with Crippen molar-refractivity contribution in [3.05, 3.63) is 35.0 Å². The highest BCUT2D eigenvalue weighted by Gasteiger charge is 2.22. The van der Waals surface area contributed by atoms with Gasteiger partial charge in [0.1, 0.15) is 0 Å². The molecule has 1 aromatic carbocycles. The first kappa shape index (κ1) is 23.2. The number of aliphatic carboxylic acids is 2. The van der Waals surface area contributed by atoms with Crippen molar-refractivity contribution in [3.63, 3.8) is 0 Å². The molecule has 0 bridgehead atoms. The summed E-state index contributed by atoms with van der Waals surface area (Å²) in [6, 6.07) is 6.74. The number of aromatic nitrogens is 1. The normalized spacial score (nSPS) is 18.8. The van der Waals surface area contributed by atoms with Gasteiger partial charge in [-0.1, -0.05) is 11.6 Å². The molecule has 2 atom stereocenters. The topological polar surface area (TPSA) is 121 Å². The van der Waals surface area contributed by atoms with Gasteiger partial charge < -0.3 is 29.9 Å². The van der Waals surface area contributed by atoms with Crippen LogP contribution in [0.2, 0.25) is 0 Å². The monoisotopic (exact) mass is 432 g/mol. The van der Waals surface area contributed by atoms with E-state index in [1.54, 1.807) is 0 Å². The van der Waals surface area contributed by atoms with E-state index in [2.05, 4.69) is 35.0 Å². The molecule has 4 rings (SSSR count). The van der Waals surface area contributed by atoms with Gasteiger partial charge in [-0.05, 0) is 63.1 Å². The van der Waals surface area contributed by atoms with Crippen LogP contribution >= 0.6 is 0 Å². The minimum Gasteiger partial charge on any atom is -0.473 e. The Balaban J connectivity index is 0.000000401. The first-order valence-corrected chi connectivity index (χ1v) is 10.9. The van der Waals surface area contributed by atoms with Crippen molar-refractivity contribution in [2.24, 2.45) is 0 Å². The van der Waals surface area contributed by atoms with Crippen LogP contribution in [0.15, 0.2) is 18.2 Å². The number of ether oxygens (including phenoxy) is 1. The molecule has 1 fully saturated rings. The van der Waals surface area contributed by atoms with Gasteiger partial charge in [-0.3, -0.25) is 0 Å². The standard InChI is InChI=1S/C21H30N2O2.C2H2O4/c1-15-8-9-21-19(11-15)18-6-2-3-7-20(18)23(21)14-16(24)12-22-13-17-5-4-10-25-17;3-1(4)2(5)6/h8-9,11,16-17,22,24H,2-7,10,12-14H2,1H3;(H,3,4)(H,5,6). The van der Waals surface area contributed by atoms with E-state index in [1.165, 1.54) is 47.0 Å². The fourth-order valence-corrected chi connectivity index (χ4v) is 4.45. The van der Waals surface area contributed by atoms with Crippen molar-refractivity contribution in [3.8, 4) is 0 Å². The zero-order valence-corrected chi connectivity index (χ0v) is 18.0. The highest BCUT2D eigenvalue weighted by molar-refractivity contribution is 6.27. The van der Waals surface area contributed by atoms with Crippen LogP contribution in [0.1, 0.15) is 42.5 Å². The zero-order chi connectivity index (χ0) is 22.4. The summed E-state index contributed by atoms with van der Waals surface area (Å²) in [5, 5.41) is 30.2. The third kappa shape index (κ3) is 6.06. The molecule has 170 valence electrons. The number of nitrogens with zero attached hydrogens (tertiary/aromatic N) is 1. The summed E-state index contributed by atoms with van der Waals surface area (Å²) in [5.74, 6) is -3.65. The van der Waals surface area contributed by atoms with Gasteiger partial charge in [0.2, 0.25) is 0 Å². The summed E-state index contributed by atoms with van der Waals surface area (Å²) in [7, 11) is 0. The van der Waals surface area contributed by atoms with Gasteiger partial charge in [0, 0.05) is 36.3 Å². The summed E-state index contributed by atoms with van der Waals surface area (Å²) in [5.41, 5.74) is 5.57. The average molecular weight is 433 g/mol. The van der Waals surface area contributed by atoms with Crippen LogP contribution in [0.3, 0.4) is 0 Å². The van der Waals surface area contributed by atoms with E-state index in [4.69, 9.17) is 24.5 Å². The molecule has 0 amide bonds. The molecule has 0 radical (unpaired) electrons. The Morgan fingerprint density at radius 1 is 1.19 bits per heavy atom. The van der Waals surface area contributed by atoms with Gasteiger partial charge in [0.05, 0.1) is 18.8 Å². The van der Waals surface area contributed by atoms with Crippen LogP contribution in [0.4, 0.5) is 0 Å². The number of hydrogen-bond acceptors (Lipinski definition) is 5. The van der Waals surface area contributed by atoms with Crippen LogP contribution in [0.5, 0.6) is 0 Å². The summed E-state index contributed by atoms with van der Waals surface area (Å²) in [4.78, 5) is 18.2. The number of carboxylic acids is 2. The van der Waals surface area contributed by atoms with Gasteiger partial charge in [-0.2, -0.15) is 0 Å². The number of aliphatic hydroxyl groups excluding tert-OH is 1. The fraction of sp³-hybridized carbons (Fsp3) is 0.565. The van der Waals surface area contributed by atoms with Gasteiger partial charge in [-0.25, -0.2) is 9.59 Å². The zero-order valence-electron chi connectivity index (χ0n) is 18.0. The number of rotatable bonds is 6. The van der Waals surface area contributed by atoms with Gasteiger partial charge in [0.15, 0.2) is 0 Å². The summed E-state index contributed by atoms with van der Waals surface area (Å²) < 4.78 is 8.01. The number of carboxylic acid groups (broad SMARTS) is 2. The Labute approximate surface area is 181 Å². The van der Waals surface area contributed by atoms with Crippen LogP contribution in [0.25, 0.3) is 10.9 Å². The van der Waals surface area contributed by atoms with E-state index in [9.17, 15) is 5.11 Å². The van der Waals surface area contributed by atoms with E-state index >= 15 is 0 Å². The van der Waals surface area contributed by atoms with Crippen LogP contribution in [-0.2, 0) is 33.7 Å². The average Bonchev–Trinajstić information content (AvgIpc) is 3.35. The fourth-order valence-electron chi connectivity index (χ4n) is 4.45. The Morgan fingerprint density at radius 3 is 2.61 bits per heavy atom. The molecule has 8 nitrogen and oxygen atoms in total. The number of hydrogen-bond donors (Lipinski definition) is 4. The molecule has 1 saturated heterocycles. The maximum absolute atomic E-state index is 10.6. The van der Waals surface area contributed by atoms with E-state index < -0.39 is 11.9 Å². The highest BCUT2D eigenvalue weighted by Crippen LogP contribution is 2.33. The maximum Gasteiger partial charge on any atom is 0.414 e. The second-order valence-electron chi connectivity index (χ2n) is 8.32. The van der Waals surface area contributed by atoms with E-state index in [0.29, 0.717) is 19.2 Å². The molecule has 0 spiro atoms. The second kappa shape index (κ2) is 10.7. The predicted molar refractivity (Wildman–Crippen MR) is 116 cm³/mol. The lowest BCUT2D eigenvalue weighted by Gasteiger charge is -2.19. The quantitative estimate of drug-likeness (QED) is 0.516. The molecule has 2 aliphatic rings. The third-order valence-corrected chi connectivity index (χ3v) is 5.88. The van der Waals surface area contributed by atoms with Crippen molar-refractivity contribution in [1.82, 2.24) is 9.88 Å². The Kier molecular flexibility index (Phi) is 8.06. The molecule has 4 N–H and O–H groups in total. The molecule has 8 heteroatoms. The number of aliphatic hydroxyl groups is 1. The third-order valence-electron chi connectivity index (χ3n) is 5.88. The largest absolute Gasteiger partial charge is 0.473 e. The SMILES string of the molecule is Cc1ccc2c(c1)c1c(n2CC(O)CNCC2CCCO2)CCCC1.O=C(O)C(=O)O. The Bertz CT molecular complexity index is 904. The van der Waals surface area contributed by atoms with Crippen LogP contribution in [-0.4, -0.2) is 63.7 Å². The molecule has 2 aromatic rings. The van der Waals surface area contributed by atoms with E-state index in [-0.39, 0.29) is 6.10 Å². The van der Waals surface area contributed by atoms with Crippen molar-refractivity contribution < 1.29 is 29.6 Å². The summed E-state index contributed by atoms with van der Waals surface area (Å²) >= 11 is 0. The lowest BCUT2D eigenvalue weighted by molar-refractivity contribution is -0.159. The minimum atomic E-state index is -1.82. The van der Waals surface area contributed by atoms with Crippen molar-refractivity contribution in [2.45, 2.75) is 64.2 Å². The molecule has 0 saturated carbocycles. The highest BCUT2D eigenvalue weighted by atomic mass is 16.5. The number of benzene rings is 1. The van der Waals surface area contributed by atoms with Crippen LogP contribution in [0, 0.1) is 6.92 Å². The summed E-state index contributed by atoms with van der Waals surface area (Å²) in [6.07, 6.45) is 7.11. The van der Waals surface area contributed by atoms with Crippen molar-refractivity contribution in [1.29, 1.82) is 0 Å². The number of nitrogens with one attached hydrogen (secondary N) is 1. The molecular formula is C23H32N2O6. The van der Waals surface area contributed by atoms with Gasteiger partial charge in [0.25, 0.3) is 0 Å². The Hall–Kier alpha value is -2.42.